The molecule has 3 nitrogen and oxygen atoms in total. The average Bonchev–Trinajstić information content (AvgIpc) is 2.92. The van der Waals surface area contributed by atoms with Gasteiger partial charge in [0.1, 0.15) is 11.6 Å². The van der Waals surface area contributed by atoms with Crippen molar-refractivity contribution in [2.45, 2.75) is 11.3 Å². The Morgan fingerprint density at radius 2 is 2.05 bits per heavy atom. The first-order valence-corrected chi connectivity index (χ1v) is 7.91. The number of hydrogen-bond acceptors (Lipinski definition) is 4. The molecule has 0 radical (unpaired) electrons. The number of benzene rings is 2. The summed E-state index contributed by atoms with van der Waals surface area (Å²) in [6, 6.07) is 14.8. The van der Waals surface area contributed by atoms with Gasteiger partial charge in [0.15, 0.2) is 0 Å². The topological polar surface area (TPSA) is 24.8 Å². The molecule has 0 unspecified atom stereocenters. The second-order valence-electron chi connectivity index (χ2n) is 5.20. The van der Waals surface area contributed by atoms with Crippen molar-refractivity contribution < 1.29 is 4.74 Å². The van der Waals surface area contributed by atoms with E-state index in [0.29, 0.717) is 0 Å². The number of nitrogens with zero attached hydrogens (tertiary/aromatic N) is 2. The van der Waals surface area contributed by atoms with E-state index in [2.05, 4.69) is 39.6 Å². The van der Waals surface area contributed by atoms with Crippen molar-refractivity contribution in [1.29, 1.82) is 0 Å². The fraction of sp³-hybridized carbons (Fsp3) is 0.235. The Morgan fingerprint density at radius 3 is 2.95 bits per heavy atom. The van der Waals surface area contributed by atoms with Gasteiger partial charge in [-0.1, -0.05) is 18.2 Å². The normalized spacial score (nSPS) is 16.2. The molecule has 0 fully saturated rings. The number of hydrogen-bond donors (Lipinski definition) is 0. The average molecular weight is 296 g/mol. The van der Waals surface area contributed by atoms with Gasteiger partial charge in [-0.2, -0.15) is 0 Å². The van der Waals surface area contributed by atoms with Gasteiger partial charge in [0.25, 0.3) is 0 Å². The van der Waals surface area contributed by atoms with Crippen molar-refractivity contribution in [3.63, 3.8) is 0 Å². The van der Waals surface area contributed by atoms with Crippen molar-refractivity contribution in [3.8, 4) is 16.9 Å². The minimum Gasteiger partial charge on any atom is -0.497 e. The van der Waals surface area contributed by atoms with E-state index in [1.807, 2.05) is 24.1 Å². The lowest BCUT2D eigenvalue weighted by Gasteiger charge is -2.20. The SMILES string of the molecule is COc1cccc(-c2ccc3c(c2)SN2CCCN=C32)c1. The molecular formula is C17H16N2OS. The van der Waals surface area contributed by atoms with Gasteiger partial charge in [0.2, 0.25) is 0 Å². The Balaban J connectivity index is 1.74. The van der Waals surface area contributed by atoms with Crippen LogP contribution in [0.25, 0.3) is 11.1 Å². The molecule has 2 aromatic rings. The smallest absolute Gasteiger partial charge is 0.142 e. The summed E-state index contributed by atoms with van der Waals surface area (Å²) < 4.78 is 7.62. The summed E-state index contributed by atoms with van der Waals surface area (Å²) in [7, 11) is 1.70. The van der Waals surface area contributed by atoms with E-state index in [9.17, 15) is 0 Å². The summed E-state index contributed by atoms with van der Waals surface area (Å²) in [6.07, 6.45) is 1.15. The molecule has 0 saturated heterocycles. The molecule has 2 aliphatic rings. The van der Waals surface area contributed by atoms with Crippen molar-refractivity contribution >= 4 is 17.8 Å². The molecule has 0 aromatic heterocycles. The van der Waals surface area contributed by atoms with Crippen LogP contribution in [-0.4, -0.2) is 30.3 Å². The van der Waals surface area contributed by atoms with E-state index >= 15 is 0 Å². The zero-order valence-corrected chi connectivity index (χ0v) is 12.7. The third-order valence-electron chi connectivity index (χ3n) is 3.85. The zero-order valence-electron chi connectivity index (χ0n) is 11.9. The van der Waals surface area contributed by atoms with E-state index in [-0.39, 0.29) is 0 Å². The van der Waals surface area contributed by atoms with Gasteiger partial charge in [-0.15, -0.1) is 0 Å². The maximum Gasteiger partial charge on any atom is 0.142 e. The lowest BCUT2D eigenvalue weighted by atomic mass is 10.0. The molecule has 2 heterocycles. The summed E-state index contributed by atoms with van der Waals surface area (Å²) in [5.41, 5.74) is 3.68. The summed E-state index contributed by atoms with van der Waals surface area (Å²) in [5, 5.41) is 0. The van der Waals surface area contributed by atoms with Gasteiger partial charge in [-0.05, 0) is 53.8 Å². The van der Waals surface area contributed by atoms with E-state index < -0.39 is 0 Å². The van der Waals surface area contributed by atoms with Gasteiger partial charge in [0, 0.05) is 23.5 Å². The first kappa shape index (κ1) is 12.8. The van der Waals surface area contributed by atoms with Crippen LogP contribution in [-0.2, 0) is 0 Å². The van der Waals surface area contributed by atoms with Crippen molar-refractivity contribution in [3.05, 3.63) is 48.0 Å². The molecule has 4 rings (SSSR count). The lowest BCUT2D eigenvalue weighted by molar-refractivity contribution is 0.415. The molecule has 0 spiro atoms. The van der Waals surface area contributed by atoms with Crippen LogP contribution in [0.5, 0.6) is 5.75 Å². The summed E-state index contributed by atoms with van der Waals surface area (Å²) in [6.45, 7) is 2.04. The van der Waals surface area contributed by atoms with Crippen molar-refractivity contribution in [1.82, 2.24) is 4.31 Å². The van der Waals surface area contributed by atoms with Gasteiger partial charge in [-0.25, -0.2) is 0 Å². The molecule has 0 amide bonds. The molecule has 21 heavy (non-hydrogen) atoms. The van der Waals surface area contributed by atoms with Crippen LogP contribution in [0.2, 0.25) is 0 Å². The fourth-order valence-electron chi connectivity index (χ4n) is 2.78. The molecular weight excluding hydrogens is 280 g/mol. The zero-order chi connectivity index (χ0) is 14.2. The van der Waals surface area contributed by atoms with Crippen molar-refractivity contribution in [2.75, 3.05) is 20.2 Å². The van der Waals surface area contributed by atoms with E-state index in [1.165, 1.54) is 21.6 Å². The highest BCUT2D eigenvalue weighted by atomic mass is 32.2. The Bertz CT molecular complexity index is 726. The first-order valence-electron chi connectivity index (χ1n) is 7.14. The fourth-order valence-corrected chi connectivity index (χ4v) is 3.91. The number of rotatable bonds is 2. The minimum atomic E-state index is 0.891. The quantitative estimate of drug-likeness (QED) is 0.787. The highest BCUT2D eigenvalue weighted by Crippen LogP contribution is 2.40. The van der Waals surface area contributed by atoms with Crippen LogP contribution >= 0.6 is 11.9 Å². The van der Waals surface area contributed by atoms with Gasteiger partial charge in [0.05, 0.1) is 7.11 Å². The molecule has 2 aromatic carbocycles. The Morgan fingerprint density at radius 1 is 1.14 bits per heavy atom. The highest BCUT2D eigenvalue weighted by Gasteiger charge is 2.28. The maximum absolute atomic E-state index is 5.31. The van der Waals surface area contributed by atoms with E-state index in [0.717, 1.165) is 31.1 Å². The first-order chi connectivity index (χ1) is 10.3. The van der Waals surface area contributed by atoms with Crippen LogP contribution < -0.4 is 4.74 Å². The molecule has 4 heteroatoms. The van der Waals surface area contributed by atoms with Gasteiger partial charge < -0.3 is 4.74 Å². The molecule has 106 valence electrons. The second-order valence-corrected chi connectivity index (χ2v) is 6.26. The molecule has 0 N–H and O–H groups in total. The summed E-state index contributed by atoms with van der Waals surface area (Å²) in [5.74, 6) is 2.04. The van der Waals surface area contributed by atoms with Gasteiger partial charge in [-0.3, -0.25) is 9.30 Å². The second kappa shape index (κ2) is 5.11. The predicted octanol–water partition coefficient (Wildman–Crippen LogP) is 3.84. The summed E-state index contributed by atoms with van der Waals surface area (Å²) >= 11 is 1.81. The van der Waals surface area contributed by atoms with Gasteiger partial charge >= 0.3 is 0 Å². The molecule has 0 aliphatic carbocycles. The number of ether oxygens (including phenoxy) is 1. The Labute approximate surface area is 128 Å². The highest BCUT2D eigenvalue weighted by molar-refractivity contribution is 7.98. The molecule has 2 aliphatic heterocycles. The molecule has 0 bridgehead atoms. The van der Waals surface area contributed by atoms with Crippen molar-refractivity contribution in [2.24, 2.45) is 4.99 Å². The number of methoxy groups -OCH3 is 1. The van der Waals surface area contributed by atoms with E-state index in [1.54, 1.807) is 7.11 Å². The monoisotopic (exact) mass is 296 g/mol. The third kappa shape index (κ3) is 2.20. The predicted molar refractivity (Wildman–Crippen MR) is 87.0 cm³/mol. The molecule has 0 saturated carbocycles. The standard InChI is InChI=1S/C17H16N2OS/c1-20-14-5-2-4-12(10-14)13-6-7-15-16(11-13)21-19-9-3-8-18-17(15)19/h2,4-7,10-11H,3,8-9H2,1H3. The lowest BCUT2D eigenvalue weighted by Crippen LogP contribution is -2.26. The van der Waals surface area contributed by atoms with Crippen LogP contribution in [0, 0.1) is 0 Å². The van der Waals surface area contributed by atoms with E-state index in [4.69, 9.17) is 4.74 Å². The maximum atomic E-state index is 5.31. The van der Waals surface area contributed by atoms with Crippen LogP contribution in [0.4, 0.5) is 0 Å². The number of amidine groups is 1. The molecule has 0 atom stereocenters. The summed E-state index contributed by atoms with van der Waals surface area (Å²) in [4.78, 5) is 5.97. The van der Waals surface area contributed by atoms with Crippen LogP contribution in [0.3, 0.4) is 0 Å². The number of fused-ring (bicyclic) bond motifs is 3. The van der Waals surface area contributed by atoms with Crippen LogP contribution in [0.15, 0.2) is 52.4 Å². The van der Waals surface area contributed by atoms with Crippen LogP contribution in [0.1, 0.15) is 12.0 Å². The largest absolute Gasteiger partial charge is 0.497 e. The minimum absolute atomic E-state index is 0.891. The Kier molecular flexibility index (Phi) is 3.11. The third-order valence-corrected chi connectivity index (χ3v) is 4.96. The Hall–Kier alpha value is -1.94. The number of aliphatic imine (C=N–C) groups is 1.